The van der Waals surface area contributed by atoms with E-state index in [9.17, 15) is 18.1 Å². The molecular formula is C7H3F3INO2. The molecule has 0 unspecified atom stereocenters. The van der Waals surface area contributed by atoms with Crippen LogP contribution in [-0.4, -0.2) is 6.36 Å². The van der Waals surface area contributed by atoms with Gasteiger partial charge in [0.25, 0.3) is 0 Å². The van der Waals surface area contributed by atoms with Gasteiger partial charge in [-0.2, -0.15) is 0 Å². The highest BCUT2D eigenvalue weighted by atomic mass is 127. The monoisotopic (exact) mass is 317 g/mol. The lowest BCUT2D eigenvalue weighted by Gasteiger charge is -2.08. The summed E-state index contributed by atoms with van der Waals surface area (Å²) in [5.41, 5.74) is -0.0765. The van der Waals surface area contributed by atoms with Crippen LogP contribution >= 0.6 is 22.6 Å². The molecule has 76 valence electrons. The molecule has 0 bridgehead atoms. The molecular weight excluding hydrogens is 314 g/mol. The molecule has 0 N–H and O–H groups in total. The van der Waals surface area contributed by atoms with E-state index in [1.807, 2.05) is 0 Å². The summed E-state index contributed by atoms with van der Waals surface area (Å²) in [6.45, 7) is 0. The zero-order chi connectivity index (χ0) is 10.8. The Morgan fingerprint density at radius 2 is 2.00 bits per heavy atom. The molecule has 0 fully saturated rings. The molecule has 0 aliphatic carbocycles. The second kappa shape index (κ2) is 4.11. The highest BCUT2D eigenvalue weighted by molar-refractivity contribution is 14.1. The molecule has 1 aromatic rings. The van der Waals surface area contributed by atoms with Crippen LogP contribution in [0.3, 0.4) is 0 Å². The van der Waals surface area contributed by atoms with E-state index in [1.54, 1.807) is 22.6 Å². The van der Waals surface area contributed by atoms with Crippen LogP contribution in [0, 0.1) is 8.48 Å². The highest BCUT2D eigenvalue weighted by Crippen LogP contribution is 2.29. The number of alkyl halides is 3. The van der Waals surface area contributed by atoms with Crippen molar-refractivity contribution in [1.29, 1.82) is 0 Å². The molecule has 0 aliphatic rings. The molecule has 0 radical (unpaired) electrons. The van der Waals surface area contributed by atoms with Crippen LogP contribution in [0.5, 0.6) is 5.75 Å². The van der Waals surface area contributed by atoms with Gasteiger partial charge in [-0.25, -0.2) is 0 Å². The summed E-state index contributed by atoms with van der Waals surface area (Å²) >= 11 is 1.78. The first kappa shape index (κ1) is 11.2. The summed E-state index contributed by atoms with van der Waals surface area (Å²) in [5, 5.41) is 2.56. The van der Waals surface area contributed by atoms with E-state index in [0.29, 0.717) is 3.57 Å². The van der Waals surface area contributed by atoms with Gasteiger partial charge in [-0.05, 0) is 39.9 Å². The number of hydrogen-bond acceptors (Lipinski definition) is 3. The molecule has 1 aromatic carbocycles. The van der Waals surface area contributed by atoms with Crippen molar-refractivity contribution >= 4 is 28.3 Å². The van der Waals surface area contributed by atoms with Gasteiger partial charge in [-0.1, -0.05) is 0 Å². The van der Waals surface area contributed by atoms with Gasteiger partial charge in [0, 0.05) is 9.64 Å². The Labute approximate surface area is 90.4 Å². The summed E-state index contributed by atoms with van der Waals surface area (Å²) in [5.74, 6) is -0.451. The number of ether oxygens (including phenoxy) is 1. The van der Waals surface area contributed by atoms with Crippen molar-refractivity contribution in [2.45, 2.75) is 6.36 Å². The summed E-state index contributed by atoms with van der Waals surface area (Å²) < 4.78 is 39.3. The molecule has 1 rings (SSSR count). The first-order valence-corrected chi connectivity index (χ1v) is 4.39. The Balaban J connectivity index is 2.95. The maximum atomic E-state index is 11.7. The summed E-state index contributed by atoms with van der Waals surface area (Å²) in [6.07, 6.45) is -4.76. The molecule has 0 saturated carbocycles. The molecule has 0 aromatic heterocycles. The highest BCUT2D eigenvalue weighted by Gasteiger charge is 2.31. The molecule has 0 atom stereocenters. The van der Waals surface area contributed by atoms with Crippen molar-refractivity contribution in [2.75, 3.05) is 0 Å². The number of benzene rings is 1. The minimum atomic E-state index is -4.76. The van der Waals surface area contributed by atoms with Crippen LogP contribution in [0.15, 0.2) is 23.4 Å². The standard InChI is InChI=1S/C7H3F3INO2/c8-7(9,10)14-4-1-2-5(11)6(3-4)12-13/h1-3H. The lowest BCUT2D eigenvalue weighted by atomic mass is 10.3. The van der Waals surface area contributed by atoms with Gasteiger partial charge >= 0.3 is 6.36 Å². The largest absolute Gasteiger partial charge is 0.573 e. The van der Waals surface area contributed by atoms with Gasteiger partial charge in [0.1, 0.15) is 11.4 Å². The fraction of sp³-hybridized carbons (Fsp3) is 0.143. The third kappa shape index (κ3) is 3.13. The van der Waals surface area contributed by atoms with Gasteiger partial charge in [-0.3, -0.25) is 0 Å². The SMILES string of the molecule is O=Nc1cc(OC(F)(F)F)ccc1I. The lowest BCUT2D eigenvalue weighted by Crippen LogP contribution is -2.17. The van der Waals surface area contributed by atoms with Crippen LogP contribution < -0.4 is 4.74 Å². The van der Waals surface area contributed by atoms with Gasteiger partial charge in [-0.15, -0.1) is 18.1 Å². The van der Waals surface area contributed by atoms with E-state index in [4.69, 9.17) is 0 Å². The summed E-state index contributed by atoms with van der Waals surface area (Å²) in [6, 6.07) is 3.37. The molecule has 0 saturated heterocycles. The van der Waals surface area contributed by atoms with Crippen molar-refractivity contribution in [3.05, 3.63) is 26.7 Å². The van der Waals surface area contributed by atoms with E-state index >= 15 is 0 Å². The topological polar surface area (TPSA) is 38.7 Å². The van der Waals surface area contributed by atoms with Crippen molar-refractivity contribution in [2.24, 2.45) is 5.18 Å². The van der Waals surface area contributed by atoms with Crippen LogP contribution in [-0.2, 0) is 0 Å². The molecule has 0 amide bonds. The van der Waals surface area contributed by atoms with Crippen molar-refractivity contribution in [3.8, 4) is 5.75 Å². The van der Waals surface area contributed by atoms with Crippen LogP contribution in [0.4, 0.5) is 18.9 Å². The Morgan fingerprint density at radius 1 is 1.36 bits per heavy atom. The quantitative estimate of drug-likeness (QED) is 0.618. The summed E-state index contributed by atoms with van der Waals surface area (Å²) in [7, 11) is 0. The van der Waals surface area contributed by atoms with E-state index in [-0.39, 0.29) is 5.69 Å². The number of hydrogen-bond donors (Lipinski definition) is 0. The van der Waals surface area contributed by atoms with Crippen molar-refractivity contribution in [1.82, 2.24) is 0 Å². The van der Waals surface area contributed by atoms with Gasteiger partial charge < -0.3 is 4.74 Å². The van der Waals surface area contributed by atoms with Gasteiger partial charge in [0.2, 0.25) is 0 Å². The second-order valence-electron chi connectivity index (χ2n) is 2.25. The van der Waals surface area contributed by atoms with Crippen LogP contribution in [0.1, 0.15) is 0 Å². The van der Waals surface area contributed by atoms with E-state index in [1.165, 1.54) is 6.07 Å². The third-order valence-electron chi connectivity index (χ3n) is 1.25. The van der Waals surface area contributed by atoms with E-state index in [0.717, 1.165) is 12.1 Å². The third-order valence-corrected chi connectivity index (χ3v) is 2.16. The Hall–Kier alpha value is -0.860. The zero-order valence-electron chi connectivity index (χ0n) is 6.51. The first-order valence-electron chi connectivity index (χ1n) is 3.31. The van der Waals surface area contributed by atoms with Crippen LogP contribution in [0.25, 0.3) is 0 Å². The predicted molar refractivity (Wildman–Crippen MR) is 51.3 cm³/mol. The molecule has 7 heteroatoms. The predicted octanol–water partition coefficient (Wildman–Crippen LogP) is 3.59. The lowest BCUT2D eigenvalue weighted by molar-refractivity contribution is -0.274. The second-order valence-corrected chi connectivity index (χ2v) is 3.41. The Morgan fingerprint density at radius 3 is 2.50 bits per heavy atom. The smallest absolute Gasteiger partial charge is 0.406 e. The molecule has 3 nitrogen and oxygen atoms in total. The fourth-order valence-corrected chi connectivity index (χ4v) is 1.19. The average Bonchev–Trinajstić information content (AvgIpc) is 2.06. The van der Waals surface area contributed by atoms with E-state index < -0.39 is 12.1 Å². The number of nitroso groups, excluding NO2 is 1. The Kier molecular flexibility index (Phi) is 3.29. The molecule has 0 spiro atoms. The normalized spacial score (nSPS) is 11.1. The maximum Gasteiger partial charge on any atom is 0.573 e. The van der Waals surface area contributed by atoms with Crippen LogP contribution in [0.2, 0.25) is 0 Å². The molecule has 0 aliphatic heterocycles. The number of halogens is 4. The average molecular weight is 317 g/mol. The number of rotatable bonds is 2. The minimum Gasteiger partial charge on any atom is -0.406 e. The van der Waals surface area contributed by atoms with E-state index in [2.05, 4.69) is 9.91 Å². The van der Waals surface area contributed by atoms with Gasteiger partial charge in [0.15, 0.2) is 0 Å². The minimum absolute atomic E-state index is 0.0765. The van der Waals surface area contributed by atoms with Crippen molar-refractivity contribution in [3.63, 3.8) is 0 Å². The summed E-state index contributed by atoms with van der Waals surface area (Å²) in [4.78, 5) is 10.2. The number of nitrogens with zero attached hydrogens (tertiary/aromatic N) is 1. The zero-order valence-corrected chi connectivity index (χ0v) is 8.67. The van der Waals surface area contributed by atoms with Crippen molar-refractivity contribution < 1.29 is 17.9 Å². The Bertz CT molecular complexity index is 353. The first-order chi connectivity index (χ1) is 6.42. The maximum absolute atomic E-state index is 11.7. The molecule has 0 heterocycles. The molecule has 14 heavy (non-hydrogen) atoms. The van der Waals surface area contributed by atoms with Gasteiger partial charge in [0.05, 0.1) is 0 Å². The fourth-order valence-electron chi connectivity index (χ4n) is 0.760.